The predicted molar refractivity (Wildman–Crippen MR) is 177 cm³/mol. The Balaban J connectivity index is 1.21. The van der Waals surface area contributed by atoms with Crippen molar-refractivity contribution in [3.05, 3.63) is 60.2 Å². The lowest BCUT2D eigenvalue weighted by atomic mass is 10.1. The van der Waals surface area contributed by atoms with Gasteiger partial charge in [-0.05, 0) is 80.0 Å². The van der Waals surface area contributed by atoms with Crippen molar-refractivity contribution in [2.75, 3.05) is 19.4 Å². The van der Waals surface area contributed by atoms with Gasteiger partial charge >= 0.3 is 0 Å². The third-order valence-electron chi connectivity index (χ3n) is 10.3. The van der Waals surface area contributed by atoms with E-state index in [4.69, 9.17) is 20.4 Å². The van der Waals surface area contributed by atoms with Crippen LogP contribution in [0.15, 0.2) is 59.5 Å². The van der Waals surface area contributed by atoms with E-state index in [0.717, 1.165) is 58.7 Å². The summed E-state index contributed by atoms with van der Waals surface area (Å²) < 4.78 is 34.8. The Morgan fingerprint density at radius 2 is 1.80 bits per heavy atom. The molecule has 3 fully saturated rings. The Kier molecular flexibility index (Phi) is 6.77. The Labute approximate surface area is 268 Å². The van der Waals surface area contributed by atoms with Crippen molar-refractivity contribution >= 4 is 37.8 Å². The zero-order valence-corrected chi connectivity index (χ0v) is 27.1. The van der Waals surface area contributed by atoms with Crippen molar-refractivity contribution in [2.45, 2.75) is 56.1 Å². The first-order valence-electron chi connectivity index (χ1n) is 16.1. The van der Waals surface area contributed by atoms with Crippen LogP contribution in [0.3, 0.4) is 0 Å². The van der Waals surface area contributed by atoms with Crippen LogP contribution in [-0.4, -0.2) is 69.8 Å². The van der Waals surface area contributed by atoms with Gasteiger partial charge in [-0.1, -0.05) is 19.1 Å². The van der Waals surface area contributed by atoms with Gasteiger partial charge < -0.3 is 24.5 Å². The number of likely N-dealkylation sites (tertiary alicyclic amines) is 1. The first-order valence-corrected chi connectivity index (χ1v) is 17.8. The molecule has 3 aliphatic rings. The van der Waals surface area contributed by atoms with Crippen LogP contribution in [0.1, 0.15) is 43.0 Å². The minimum Gasteiger partial charge on any atom is -0.494 e. The number of ether oxygens (including phenoxy) is 1. The highest BCUT2D eigenvalue weighted by Gasteiger charge is 2.47. The summed E-state index contributed by atoms with van der Waals surface area (Å²) in [6, 6.07) is 17.0. The number of aromatic nitrogens is 4. The van der Waals surface area contributed by atoms with Gasteiger partial charge in [0.25, 0.3) is 5.91 Å². The summed E-state index contributed by atoms with van der Waals surface area (Å²) in [6.45, 7) is 3.18. The van der Waals surface area contributed by atoms with Gasteiger partial charge in [0.05, 0.1) is 34.7 Å². The third-order valence-corrected chi connectivity index (χ3v) is 12.1. The monoisotopic (exact) mass is 638 g/mol. The lowest BCUT2D eigenvalue weighted by Gasteiger charge is -2.27. The smallest absolute Gasteiger partial charge is 0.254 e. The van der Waals surface area contributed by atoms with Crippen LogP contribution >= 0.6 is 0 Å². The number of methoxy groups -OCH3 is 1. The lowest BCUT2D eigenvalue weighted by Crippen LogP contribution is -2.41. The van der Waals surface area contributed by atoms with Crippen LogP contribution < -0.4 is 10.5 Å². The van der Waals surface area contributed by atoms with Gasteiger partial charge in [0.1, 0.15) is 16.9 Å². The quantitative estimate of drug-likeness (QED) is 0.253. The minimum absolute atomic E-state index is 0.0186. The van der Waals surface area contributed by atoms with Crippen LogP contribution in [-0.2, 0) is 23.4 Å². The van der Waals surface area contributed by atoms with E-state index < -0.39 is 9.84 Å². The van der Waals surface area contributed by atoms with E-state index in [1.54, 1.807) is 26.2 Å². The van der Waals surface area contributed by atoms with Gasteiger partial charge in [0.2, 0.25) is 0 Å². The maximum atomic E-state index is 13.7. The summed E-state index contributed by atoms with van der Waals surface area (Å²) in [4.78, 5) is 26.2. The van der Waals surface area contributed by atoms with Crippen LogP contribution in [0, 0.1) is 11.8 Å². The second kappa shape index (κ2) is 10.7. The highest BCUT2D eigenvalue weighted by Crippen LogP contribution is 2.40. The first-order chi connectivity index (χ1) is 22.2. The number of carbonyl (C=O) groups is 1. The highest BCUT2D eigenvalue weighted by atomic mass is 32.2. The summed E-state index contributed by atoms with van der Waals surface area (Å²) in [5.74, 6) is 2.38. The van der Waals surface area contributed by atoms with Crippen molar-refractivity contribution in [3.8, 4) is 28.5 Å². The summed E-state index contributed by atoms with van der Waals surface area (Å²) in [7, 11) is 0.333. The molecule has 46 heavy (non-hydrogen) atoms. The Bertz CT molecular complexity index is 2130. The fourth-order valence-electron chi connectivity index (χ4n) is 7.48. The molecule has 2 aliphatic carbocycles. The number of nitrogens with two attached hydrogens (primary N) is 1. The molecule has 1 saturated heterocycles. The van der Waals surface area contributed by atoms with Crippen molar-refractivity contribution in [3.63, 3.8) is 0 Å². The summed E-state index contributed by atoms with van der Waals surface area (Å²) in [5, 5.41) is 1.000. The van der Waals surface area contributed by atoms with Gasteiger partial charge in [-0.25, -0.2) is 18.4 Å². The van der Waals surface area contributed by atoms with Crippen molar-refractivity contribution in [1.29, 1.82) is 0 Å². The molecule has 2 unspecified atom stereocenters. The predicted octanol–water partition coefficient (Wildman–Crippen LogP) is 5.03. The number of rotatable bonds is 8. The molecule has 3 aromatic heterocycles. The van der Waals surface area contributed by atoms with Gasteiger partial charge in [0.15, 0.2) is 15.7 Å². The number of piperidine rings is 1. The van der Waals surface area contributed by atoms with Crippen molar-refractivity contribution in [1.82, 2.24) is 24.0 Å². The molecular formula is C35H38N6O4S. The maximum Gasteiger partial charge on any atom is 0.254 e. The molecule has 5 aromatic rings. The van der Waals surface area contributed by atoms with E-state index in [9.17, 15) is 13.2 Å². The molecule has 1 aliphatic heterocycles. The van der Waals surface area contributed by atoms with Crippen molar-refractivity contribution in [2.24, 2.45) is 24.6 Å². The number of hydrogen-bond acceptors (Lipinski definition) is 7. The Morgan fingerprint density at radius 1 is 1.02 bits per heavy atom. The number of fused-ring (bicyclic) bond motifs is 4. The fraction of sp³-hybridized carbons (Fsp3) is 0.400. The molecule has 2 aromatic carbocycles. The number of imidazole rings is 1. The molecule has 11 heteroatoms. The second-order valence-electron chi connectivity index (χ2n) is 13.1. The van der Waals surface area contributed by atoms with E-state index in [-0.39, 0.29) is 23.7 Å². The zero-order valence-electron chi connectivity index (χ0n) is 26.3. The molecule has 2 bridgehead atoms. The highest BCUT2D eigenvalue weighted by molar-refractivity contribution is 7.91. The molecule has 2 N–H and O–H groups in total. The van der Waals surface area contributed by atoms with E-state index >= 15 is 0 Å². The van der Waals surface area contributed by atoms with Gasteiger partial charge in [-0.3, -0.25) is 4.79 Å². The maximum absolute atomic E-state index is 13.7. The van der Waals surface area contributed by atoms with Crippen LogP contribution in [0.2, 0.25) is 0 Å². The third kappa shape index (κ3) is 4.62. The van der Waals surface area contributed by atoms with Gasteiger partial charge in [-0.2, -0.15) is 0 Å². The van der Waals surface area contributed by atoms with Crippen LogP contribution in [0.25, 0.3) is 44.8 Å². The molecule has 0 spiro atoms. The SMILES string of the molecule is CCS(=O)(=O)c1ccc(-c2ccc3cc(-c4nc5cc(C(=O)N6CC7CCC6[C@@H]7N)cc(OC)c5n4C)n(CC4CC4)c3n2)cc1. The number of amides is 1. The average molecular weight is 639 g/mol. The zero-order chi connectivity index (χ0) is 31.9. The number of benzene rings is 2. The Hall–Kier alpha value is -4.22. The largest absolute Gasteiger partial charge is 0.494 e. The Morgan fingerprint density at radius 3 is 2.46 bits per heavy atom. The molecule has 238 valence electrons. The van der Waals surface area contributed by atoms with E-state index in [1.165, 1.54) is 12.8 Å². The second-order valence-corrected chi connectivity index (χ2v) is 15.4. The number of aryl methyl sites for hydroxylation is 1. The van der Waals surface area contributed by atoms with E-state index in [2.05, 4.69) is 16.7 Å². The normalized spacial score (nSPS) is 21.1. The number of nitrogens with zero attached hydrogens (tertiary/aromatic N) is 5. The molecule has 1 amide bonds. The number of hydrogen-bond donors (Lipinski definition) is 1. The first kappa shape index (κ1) is 29.2. The van der Waals surface area contributed by atoms with E-state index in [0.29, 0.717) is 40.1 Å². The average Bonchev–Trinajstić information content (AvgIpc) is 3.47. The molecule has 3 atom stereocenters. The minimum atomic E-state index is -3.28. The standard InChI is InChI=1S/C35H38N6O4S/c1-4-46(43,44)25-11-7-21(8-12-25)26-13-9-22-16-29(40(33(22)37-26)18-20-5-6-20)34-38-27-15-24(17-30(45-3)32(27)39(34)2)35(42)41-19-23-10-14-28(41)31(23)36/h7-9,11-13,15-17,20,23,28,31H,4-6,10,14,18-19,36H2,1-3H3/t23?,28?,31-/m1/s1. The molecule has 2 saturated carbocycles. The molecule has 8 rings (SSSR count). The topological polar surface area (TPSA) is 125 Å². The molecule has 10 nitrogen and oxygen atoms in total. The van der Waals surface area contributed by atoms with Crippen LogP contribution in [0.4, 0.5) is 0 Å². The molecule has 4 heterocycles. The summed E-state index contributed by atoms with van der Waals surface area (Å²) >= 11 is 0. The summed E-state index contributed by atoms with van der Waals surface area (Å²) in [6.07, 6.45) is 4.40. The van der Waals surface area contributed by atoms with E-state index in [1.807, 2.05) is 46.8 Å². The number of pyridine rings is 1. The van der Waals surface area contributed by atoms with Gasteiger partial charge in [-0.15, -0.1) is 0 Å². The molecular weight excluding hydrogens is 600 g/mol. The summed E-state index contributed by atoms with van der Waals surface area (Å²) in [5.41, 5.74) is 12.0. The van der Waals surface area contributed by atoms with Gasteiger partial charge in [0, 0.05) is 48.7 Å². The number of carbonyl (C=O) groups excluding carboxylic acids is 1. The fourth-order valence-corrected chi connectivity index (χ4v) is 8.37. The number of sulfone groups is 1. The van der Waals surface area contributed by atoms with Crippen LogP contribution in [0.5, 0.6) is 5.75 Å². The molecule has 0 radical (unpaired) electrons. The lowest BCUT2D eigenvalue weighted by molar-refractivity contribution is 0.0700. The van der Waals surface area contributed by atoms with Crippen molar-refractivity contribution < 1.29 is 17.9 Å².